The Balaban J connectivity index is 1.91. The van der Waals surface area contributed by atoms with Crippen molar-refractivity contribution in [2.24, 2.45) is 5.92 Å². The molecule has 0 unspecified atom stereocenters. The molecule has 70 valence electrons. The van der Waals surface area contributed by atoms with Gasteiger partial charge in [0.05, 0.1) is 6.20 Å². The molecular formula is C10H13NO2. The minimum atomic E-state index is 0.175. The van der Waals surface area contributed by atoms with Crippen LogP contribution in [0.4, 0.5) is 0 Å². The molecule has 1 aromatic rings. The molecule has 3 heteroatoms. The Kier molecular flexibility index (Phi) is 2.08. The number of ether oxygens (including phenoxy) is 1. The van der Waals surface area contributed by atoms with E-state index in [1.54, 1.807) is 12.1 Å². The molecular weight excluding hydrogens is 166 g/mol. The first-order valence-corrected chi connectivity index (χ1v) is 4.55. The van der Waals surface area contributed by atoms with Crippen LogP contribution in [0.1, 0.15) is 19.8 Å². The van der Waals surface area contributed by atoms with Gasteiger partial charge < -0.3 is 9.84 Å². The number of pyridine rings is 1. The van der Waals surface area contributed by atoms with E-state index in [1.165, 1.54) is 6.20 Å². The van der Waals surface area contributed by atoms with Crippen LogP contribution in [-0.4, -0.2) is 16.2 Å². The first-order chi connectivity index (χ1) is 6.24. The molecule has 0 radical (unpaired) electrons. The maximum atomic E-state index is 8.99. The van der Waals surface area contributed by atoms with Gasteiger partial charge in [0.25, 0.3) is 0 Å². The number of rotatable bonds is 2. The van der Waals surface area contributed by atoms with Gasteiger partial charge in [0.1, 0.15) is 11.9 Å². The van der Waals surface area contributed by atoms with Gasteiger partial charge >= 0.3 is 0 Å². The fourth-order valence-electron chi connectivity index (χ4n) is 1.54. The van der Waals surface area contributed by atoms with Crippen molar-refractivity contribution in [1.82, 2.24) is 4.98 Å². The van der Waals surface area contributed by atoms with E-state index >= 15 is 0 Å². The highest BCUT2D eigenvalue weighted by Gasteiger charge is 2.27. The molecule has 1 fully saturated rings. The number of hydrogen-bond donors (Lipinski definition) is 1. The number of aromatic hydroxyl groups is 1. The van der Waals surface area contributed by atoms with Crippen LogP contribution < -0.4 is 4.74 Å². The van der Waals surface area contributed by atoms with Crippen molar-refractivity contribution >= 4 is 0 Å². The lowest BCUT2D eigenvalue weighted by Gasteiger charge is -2.32. The first kappa shape index (κ1) is 8.35. The normalized spacial score (nSPS) is 26.5. The summed E-state index contributed by atoms with van der Waals surface area (Å²) in [6.45, 7) is 2.21. The smallest absolute Gasteiger partial charge is 0.213 e. The first-order valence-electron chi connectivity index (χ1n) is 4.55. The van der Waals surface area contributed by atoms with E-state index in [9.17, 15) is 0 Å². The molecule has 1 heterocycles. The number of aromatic nitrogens is 1. The van der Waals surface area contributed by atoms with Gasteiger partial charge in [-0.3, -0.25) is 0 Å². The zero-order valence-electron chi connectivity index (χ0n) is 7.60. The van der Waals surface area contributed by atoms with Gasteiger partial charge in [0.2, 0.25) is 5.88 Å². The molecule has 0 saturated heterocycles. The van der Waals surface area contributed by atoms with E-state index in [2.05, 4.69) is 11.9 Å². The highest BCUT2D eigenvalue weighted by Crippen LogP contribution is 2.30. The summed E-state index contributed by atoms with van der Waals surface area (Å²) < 4.78 is 5.55. The molecule has 0 bridgehead atoms. The summed E-state index contributed by atoms with van der Waals surface area (Å²) in [6, 6.07) is 3.28. The van der Waals surface area contributed by atoms with Crippen LogP contribution in [0.3, 0.4) is 0 Å². The van der Waals surface area contributed by atoms with Crippen molar-refractivity contribution in [2.75, 3.05) is 0 Å². The highest BCUT2D eigenvalue weighted by atomic mass is 16.5. The summed E-state index contributed by atoms with van der Waals surface area (Å²) >= 11 is 0. The van der Waals surface area contributed by atoms with Gasteiger partial charge in [-0.15, -0.1) is 0 Å². The second kappa shape index (κ2) is 3.24. The Bertz CT molecular complexity index is 277. The van der Waals surface area contributed by atoms with Crippen LogP contribution in [0.25, 0.3) is 0 Å². The summed E-state index contributed by atoms with van der Waals surface area (Å²) in [5.74, 6) is 1.56. The standard InChI is InChI=1S/C10H13NO2/c1-7-4-9(5-7)13-10-3-2-8(12)6-11-10/h2-3,6-7,9,12H,4-5H2,1H3/t7-,9+. The topological polar surface area (TPSA) is 42.4 Å². The zero-order valence-corrected chi connectivity index (χ0v) is 7.60. The Hall–Kier alpha value is -1.25. The summed E-state index contributed by atoms with van der Waals surface area (Å²) in [6.07, 6.45) is 3.95. The van der Waals surface area contributed by atoms with E-state index < -0.39 is 0 Å². The number of hydrogen-bond acceptors (Lipinski definition) is 3. The Morgan fingerprint density at radius 2 is 2.23 bits per heavy atom. The van der Waals surface area contributed by atoms with Crippen LogP contribution in [0.15, 0.2) is 18.3 Å². The van der Waals surface area contributed by atoms with Crippen LogP contribution >= 0.6 is 0 Å². The van der Waals surface area contributed by atoms with Gasteiger partial charge in [-0.05, 0) is 24.8 Å². The summed E-state index contributed by atoms with van der Waals surface area (Å²) in [5, 5.41) is 8.99. The van der Waals surface area contributed by atoms with Crippen molar-refractivity contribution in [3.8, 4) is 11.6 Å². The molecule has 0 atom stereocenters. The zero-order chi connectivity index (χ0) is 9.26. The molecule has 1 aliphatic carbocycles. The molecule has 1 N–H and O–H groups in total. The Morgan fingerprint density at radius 1 is 1.46 bits per heavy atom. The van der Waals surface area contributed by atoms with Gasteiger partial charge in [0.15, 0.2) is 0 Å². The second-order valence-electron chi connectivity index (χ2n) is 3.67. The molecule has 0 aliphatic heterocycles. The SMILES string of the molecule is C[C@H]1C[C@@H](Oc2ccc(O)cn2)C1. The molecule has 1 aromatic heterocycles. The van der Waals surface area contributed by atoms with Crippen LogP contribution in [0.5, 0.6) is 11.6 Å². The van der Waals surface area contributed by atoms with Gasteiger partial charge in [-0.25, -0.2) is 4.98 Å². The predicted octanol–water partition coefficient (Wildman–Crippen LogP) is 1.96. The van der Waals surface area contributed by atoms with Crippen LogP contribution in [-0.2, 0) is 0 Å². The Labute approximate surface area is 77.4 Å². The lowest BCUT2D eigenvalue weighted by atomic mass is 9.84. The van der Waals surface area contributed by atoms with E-state index in [1.807, 2.05) is 0 Å². The summed E-state index contributed by atoms with van der Waals surface area (Å²) in [4.78, 5) is 3.95. The molecule has 1 saturated carbocycles. The largest absolute Gasteiger partial charge is 0.506 e. The van der Waals surface area contributed by atoms with E-state index in [4.69, 9.17) is 9.84 Å². The third-order valence-corrected chi connectivity index (χ3v) is 2.34. The fourth-order valence-corrected chi connectivity index (χ4v) is 1.54. The molecule has 13 heavy (non-hydrogen) atoms. The van der Waals surface area contributed by atoms with E-state index in [-0.39, 0.29) is 5.75 Å². The van der Waals surface area contributed by atoms with Crippen LogP contribution in [0.2, 0.25) is 0 Å². The van der Waals surface area contributed by atoms with Crippen LogP contribution in [0, 0.1) is 5.92 Å². The second-order valence-corrected chi connectivity index (χ2v) is 3.67. The molecule has 1 aliphatic rings. The minimum Gasteiger partial charge on any atom is -0.506 e. The molecule has 0 amide bonds. The van der Waals surface area contributed by atoms with Crippen molar-refractivity contribution < 1.29 is 9.84 Å². The third kappa shape index (κ3) is 1.91. The highest BCUT2D eigenvalue weighted by molar-refractivity contribution is 5.21. The van der Waals surface area contributed by atoms with E-state index in [0.29, 0.717) is 12.0 Å². The molecule has 0 aromatic carbocycles. The third-order valence-electron chi connectivity index (χ3n) is 2.34. The maximum absolute atomic E-state index is 8.99. The average molecular weight is 179 g/mol. The summed E-state index contributed by atoms with van der Waals surface area (Å²) in [5.41, 5.74) is 0. The average Bonchev–Trinajstić information content (AvgIpc) is 2.06. The predicted molar refractivity (Wildman–Crippen MR) is 48.7 cm³/mol. The van der Waals surface area contributed by atoms with Gasteiger partial charge in [-0.2, -0.15) is 0 Å². The van der Waals surface area contributed by atoms with Crippen molar-refractivity contribution in [1.29, 1.82) is 0 Å². The maximum Gasteiger partial charge on any atom is 0.213 e. The number of nitrogens with zero attached hydrogens (tertiary/aromatic N) is 1. The van der Waals surface area contributed by atoms with Gasteiger partial charge in [0, 0.05) is 6.07 Å². The molecule has 3 nitrogen and oxygen atoms in total. The minimum absolute atomic E-state index is 0.175. The fraction of sp³-hybridized carbons (Fsp3) is 0.500. The summed E-state index contributed by atoms with van der Waals surface area (Å²) in [7, 11) is 0. The van der Waals surface area contributed by atoms with Gasteiger partial charge in [-0.1, -0.05) is 6.92 Å². The lowest BCUT2D eigenvalue weighted by molar-refractivity contribution is 0.0694. The molecule has 0 spiro atoms. The monoisotopic (exact) mass is 179 g/mol. The Morgan fingerprint density at radius 3 is 2.77 bits per heavy atom. The quantitative estimate of drug-likeness (QED) is 0.754. The molecule has 2 rings (SSSR count). The van der Waals surface area contributed by atoms with Crippen molar-refractivity contribution in [2.45, 2.75) is 25.9 Å². The van der Waals surface area contributed by atoms with Crippen molar-refractivity contribution in [3.05, 3.63) is 18.3 Å². The lowest BCUT2D eigenvalue weighted by Crippen LogP contribution is -2.32. The van der Waals surface area contributed by atoms with Crippen molar-refractivity contribution in [3.63, 3.8) is 0 Å². The van der Waals surface area contributed by atoms with E-state index in [0.717, 1.165) is 18.8 Å².